The maximum absolute atomic E-state index is 5.73. The number of piperazine rings is 1. The molecule has 0 atom stereocenters. The van der Waals surface area contributed by atoms with Crippen LogP contribution in [0.3, 0.4) is 0 Å². The molecule has 0 amide bonds. The van der Waals surface area contributed by atoms with Crippen LogP contribution >= 0.6 is 0 Å². The second-order valence-electron chi connectivity index (χ2n) is 8.71. The van der Waals surface area contributed by atoms with Crippen LogP contribution in [0, 0.1) is 0 Å². The summed E-state index contributed by atoms with van der Waals surface area (Å²) < 4.78 is 5.73. The highest BCUT2D eigenvalue weighted by Gasteiger charge is 2.21. The molecule has 0 unspecified atom stereocenters. The van der Waals surface area contributed by atoms with Gasteiger partial charge in [-0.3, -0.25) is 4.90 Å². The lowest BCUT2D eigenvalue weighted by atomic mass is 10.0. The summed E-state index contributed by atoms with van der Waals surface area (Å²) in [7, 11) is 0. The molecule has 4 nitrogen and oxygen atoms in total. The molecule has 29 heavy (non-hydrogen) atoms. The fraction of sp³-hybridized carbons (Fsp3) is 0.520. The van der Waals surface area contributed by atoms with E-state index in [1.807, 2.05) is 0 Å². The number of nitrogens with one attached hydrogen (secondary N) is 1. The van der Waals surface area contributed by atoms with Gasteiger partial charge in [0.25, 0.3) is 0 Å². The van der Waals surface area contributed by atoms with Crippen LogP contribution in [0.5, 0.6) is 0 Å². The zero-order valence-corrected chi connectivity index (χ0v) is 17.5. The van der Waals surface area contributed by atoms with E-state index >= 15 is 0 Å². The first-order valence-electron chi connectivity index (χ1n) is 11.3. The summed E-state index contributed by atoms with van der Waals surface area (Å²) >= 11 is 0. The van der Waals surface area contributed by atoms with Gasteiger partial charge in [0.15, 0.2) is 0 Å². The lowest BCUT2D eigenvalue weighted by Crippen LogP contribution is -2.47. The normalized spacial score (nSPS) is 19.2. The quantitative estimate of drug-likeness (QED) is 0.763. The number of aryl methyl sites for hydroxylation is 1. The van der Waals surface area contributed by atoms with Gasteiger partial charge in [-0.1, -0.05) is 30.3 Å². The van der Waals surface area contributed by atoms with Gasteiger partial charge in [-0.25, -0.2) is 0 Å². The van der Waals surface area contributed by atoms with Crippen LogP contribution in [0.15, 0.2) is 36.4 Å². The van der Waals surface area contributed by atoms with Crippen LogP contribution in [0.2, 0.25) is 0 Å². The molecule has 3 aliphatic rings. The Hall–Kier alpha value is -1.88. The molecule has 1 saturated heterocycles. The zero-order chi connectivity index (χ0) is 19.5. The fourth-order valence-electron chi connectivity index (χ4n) is 5.06. The number of rotatable bonds is 6. The number of unbranched alkanes of at least 4 members (excludes halogenated alkanes) is 1. The van der Waals surface area contributed by atoms with Crippen molar-refractivity contribution in [2.24, 2.45) is 0 Å². The summed E-state index contributed by atoms with van der Waals surface area (Å²) in [5, 5.41) is 3.44. The summed E-state index contributed by atoms with van der Waals surface area (Å²) in [4.78, 5) is 5.22. The van der Waals surface area contributed by atoms with E-state index < -0.39 is 0 Å². The number of hydrogen-bond acceptors (Lipinski definition) is 4. The first-order chi connectivity index (χ1) is 14.4. The second-order valence-corrected chi connectivity index (χ2v) is 8.71. The van der Waals surface area contributed by atoms with Gasteiger partial charge in [0, 0.05) is 50.5 Å². The first-order valence-corrected chi connectivity index (χ1v) is 11.3. The molecule has 3 heterocycles. The Morgan fingerprint density at radius 3 is 2.72 bits per heavy atom. The summed E-state index contributed by atoms with van der Waals surface area (Å²) in [5.74, 6) is 0. The highest BCUT2D eigenvalue weighted by atomic mass is 16.5. The molecule has 0 aliphatic carbocycles. The van der Waals surface area contributed by atoms with Crippen molar-refractivity contribution in [3.63, 3.8) is 0 Å². The molecule has 0 aromatic heterocycles. The van der Waals surface area contributed by atoms with Crippen LogP contribution in [0.4, 0.5) is 5.69 Å². The highest BCUT2D eigenvalue weighted by molar-refractivity contribution is 5.57. The summed E-state index contributed by atoms with van der Waals surface area (Å²) in [6, 6.07) is 13.8. The van der Waals surface area contributed by atoms with Crippen LogP contribution in [0.1, 0.15) is 40.7 Å². The minimum absolute atomic E-state index is 0.782. The number of hydrogen-bond donors (Lipinski definition) is 1. The van der Waals surface area contributed by atoms with Crippen molar-refractivity contribution in [2.75, 3.05) is 44.2 Å². The number of anilines is 1. The minimum Gasteiger partial charge on any atom is -0.376 e. The van der Waals surface area contributed by atoms with E-state index in [-0.39, 0.29) is 0 Å². The molecule has 1 fully saturated rings. The smallest absolute Gasteiger partial charge is 0.0739 e. The largest absolute Gasteiger partial charge is 0.376 e. The molecule has 5 rings (SSSR count). The van der Waals surface area contributed by atoms with Crippen LogP contribution in [-0.2, 0) is 37.3 Å². The van der Waals surface area contributed by atoms with Gasteiger partial charge in [-0.2, -0.15) is 0 Å². The standard InChI is InChI=1S/C25H33N3O/c1(4-20-7-8-22-17-26-18-23(22)16-20)2-10-27-11-13-28(14-12-27)25-6-3-5-21-9-15-29-19-24(21)25/h3,5-8,16,26H,1-2,4,9-15,17-19H2. The first kappa shape index (κ1) is 19.1. The van der Waals surface area contributed by atoms with Gasteiger partial charge in [0.2, 0.25) is 0 Å². The third kappa shape index (κ3) is 4.35. The van der Waals surface area contributed by atoms with E-state index in [0.717, 1.165) is 45.8 Å². The predicted octanol–water partition coefficient (Wildman–Crippen LogP) is 3.51. The molecule has 0 spiro atoms. The van der Waals surface area contributed by atoms with E-state index in [1.165, 1.54) is 72.4 Å². The molecule has 4 heteroatoms. The maximum Gasteiger partial charge on any atom is 0.0739 e. The van der Waals surface area contributed by atoms with E-state index in [4.69, 9.17) is 4.74 Å². The molecule has 0 bridgehead atoms. The molecule has 1 N–H and O–H groups in total. The van der Waals surface area contributed by atoms with Crippen molar-refractivity contribution < 1.29 is 4.74 Å². The summed E-state index contributed by atoms with van der Waals surface area (Å²) in [5.41, 5.74) is 8.82. The zero-order valence-electron chi connectivity index (χ0n) is 17.5. The Morgan fingerprint density at radius 2 is 1.79 bits per heavy atom. The fourth-order valence-corrected chi connectivity index (χ4v) is 5.06. The van der Waals surface area contributed by atoms with Crippen molar-refractivity contribution in [2.45, 2.75) is 45.4 Å². The second kappa shape index (κ2) is 8.86. The number of ether oxygens (including phenoxy) is 1. The lowest BCUT2D eigenvalue weighted by molar-refractivity contribution is 0.111. The Kier molecular flexibility index (Phi) is 5.84. The van der Waals surface area contributed by atoms with Crippen molar-refractivity contribution in [1.29, 1.82) is 0 Å². The van der Waals surface area contributed by atoms with E-state index in [9.17, 15) is 0 Å². The Bertz CT molecular complexity index is 842. The van der Waals surface area contributed by atoms with Crippen molar-refractivity contribution >= 4 is 5.69 Å². The maximum atomic E-state index is 5.73. The van der Waals surface area contributed by atoms with Gasteiger partial charge in [-0.05, 0) is 60.5 Å². The Morgan fingerprint density at radius 1 is 0.897 bits per heavy atom. The lowest BCUT2D eigenvalue weighted by Gasteiger charge is -2.38. The molecule has 0 radical (unpaired) electrons. The van der Waals surface area contributed by atoms with Crippen molar-refractivity contribution in [3.8, 4) is 0 Å². The van der Waals surface area contributed by atoms with Crippen molar-refractivity contribution in [3.05, 3.63) is 64.2 Å². The predicted molar refractivity (Wildman–Crippen MR) is 118 cm³/mol. The highest BCUT2D eigenvalue weighted by Crippen LogP contribution is 2.29. The van der Waals surface area contributed by atoms with Crippen LogP contribution in [-0.4, -0.2) is 44.2 Å². The molecule has 2 aromatic carbocycles. The van der Waals surface area contributed by atoms with E-state index in [2.05, 4.69) is 51.5 Å². The molecule has 0 saturated carbocycles. The molecular weight excluding hydrogens is 358 g/mol. The van der Waals surface area contributed by atoms with Crippen LogP contribution in [0.25, 0.3) is 0 Å². The third-order valence-electron chi connectivity index (χ3n) is 6.81. The SMILES string of the molecule is c1cc2c(c(N3CCN(CCCCc4ccc5c(c4)CNC5)CC3)c1)COCC2. The molecular formula is C25H33N3O. The molecule has 154 valence electrons. The summed E-state index contributed by atoms with van der Waals surface area (Å²) in [6.45, 7) is 9.59. The molecule has 3 aliphatic heterocycles. The van der Waals surface area contributed by atoms with Crippen LogP contribution < -0.4 is 10.2 Å². The van der Waals surface area contributed by atoms with Gasteiger partial charge < -0.3 is 15.0 Å². The Labute approximate surface area is 174 Å². The average molecular weight is 392 g/mol. The topological polar surface area (TPSA) is 27.7 Å². The number of nitrogens with zero attached hydrogens (tertiary/aromatic N) is 2. The van der Waals surface area contributed by atoms with Gasteiger partial charge in [0.1, 0.15) is 0 Å². The number of fused-ring (bicyclic) bond motifs is 2. The third-order valence-corrected chi connectivity index (χ3v) is 6.81. The number of benzene rings is 2. The van der Waals surface area contributed by atoms with Gasteiger partial charge in [-0.15, -0.1) is 0 Å². The van der Waals surface area contributed by atoms with Gasteiger partial charge in [0.05, 0.1) is 13.2 Å². The van der Waals surface area contributed by atoms with Crippen molar-refractivity contribution in [1.82, 2.24) is 10.2 Å². The minimum atomic E-state index is 0.782. The average Bonchev–Trinajstić information content (AvgIpc) is 3.25. The van der Waals surface area contributed by atoms with E-state index in [1.54, 1.807) is 0 Å². The van der Waals surface area contributed by atoms with Gasteiger partial charge >= 0.3 is 0 Å². The van der Waals surface area contributed by atoms with E-state index in [0.29, 0.717) is 0 Å². The Balaban J connectivity index is 1.07. The summed E-state index contributed by atoms with van der Waals surface area (Å²) in [6.07, 6.45) is 4.85. The monoisotopic (exact) mass is 391 g/mol. The molecule has 2 aromatic rings.